The van der Waals surface area contributed by atoms with E-state index in [0.29, 0.717) is 70.0 Å². The molecular weight excluding hydrogens is 1140 g/mol. The van der Waals surface area contributed by atoms with Crippen LogP contribution in [0.5, 0.6) is 11.5 Å². The molecule has 21 nitrogen and oxygen atoms in total. The fraction of sp³-hybridized carbons (Fsp3) is 0.466. The van der Waals surface area contributed by atoms with Crippen molar-refractivity contribution in [3.63, 3.8) is 0 Å². The maximum absolute atomic E-state index is 14.0. The number of likely N-dealkylation sites (tertiary alicyclic amines) is 1. The number of pyridine rings is 1. The minimum Gasteiger partial charge on any atom is -0.457 e. The van der Waals surface area contributed by atoms with Gasteiger partial charge in [0.05, 0.1) is 118 Å². The van der Waals surface area contributed by atoms with Gasteiger partial charge in [0.1, 0.15) is 29.3 Å². The van der Waals surface area contributed by atoms with Gasteiger partial charge in [0.25, 0.3) is 5.91 Å². The molecule has 1 unspecified atom stereocenters. The van der Waals surface area contributed by atoms with Gasteiger partial charge in [0.15, 0.2) is 0 Å². The number of benzene rings is 3. The number of carbonyl (C=O) groups excluding carboxylic acids is 5. The molecule has 1 fully saturated rings. The molecule has 26 heteroatoms. The molecule has 6 rings (SSSR count). The van der Waals surface area contributed by atoms with E-state index in [1.54, 1.807) is 35.0 Å². The number of thiazole rings is 1. The molecule has 6 amide bonds. The quantitative estimate of drug-likeness (QED) is 0.0222. The van der Waals surface area contributed by atoms with E-state index in [-0.39, 0.29) is 81.6 Å². The lowest BCUT2D eigenvalue weighted by atomic mass is 9.85. The molecule has 3 heterocycles. The van der Waals surface area contributed by atoms with E-state index >= 15 is 0 Å². The van der Waals surface area contributed by atoms with E-state index < -0.39 is 58.2 Å². The van der Waals surface area contributed by atoms with Crippen LogP contribution in [0, 0.1) is 12.3 Å². The van der Waals surface area contributed by atoms with E-state index in [1.165, 1.54) is 35.4 Å². The summed E-state index contributed by atoms with van der Waals surface area (Å²) in [6.45, 7) is 13.1. The molecule has 6 N–H and O–H groups in total. The summed E-state index contributed by atoms with van der Waals surface area (Å²) in [4.78, 5) is 76.7. The van der Waals surface area contributed by atoms with Gasteiger partial charge in [0, 0.05) is 49.6 Å². The zero-order valence-electron chi connectivity index (χ0n) is 47.4. The van der Waals surface area contributed by atoms with Gasteiger partial charge in [-0.25, -0.2) is 9.78 Å². The molecule has 0 radical (unpaired) electrons. The molecular formula is C58H72ClF3N8O13S. The molecule has 0 spiro atoms. The van der Waals surface area contributed by atoms with Crippen molar-refractivity contribution in [3.8, 4) is 21.9 Å². The number of urea groups is 1. The minimum absolute atomic E-state index is 0.000470. The summed E-state index contributed by atoms with van der Waals surface area (Å²) >= 11 is 7.21. The Hall–Kier alpha value is -6.81. The lowest BCUT2D eigenvalue weighted by molar-refractivity contribution is -0.144. The standard InChI is InChI=1S/C58H72ClF3N8O13S/c1-37(39-6-8-40(9-7-39)51-38(2)65-36-84-51)66-54(74)49-33-43(71)35-70(49)55(75)52(57(3,4)5)69-50(72)17-20-77-22-24-79-26-28-81-30-31-82-29-27-80-25-23-78-21-19-64-53(73)48-34-45(16-18-63-48)83-44-13-10-41(11-14-44)67-56(76)68-42-12-15-47(59)46(32-42)58(60,61)62/h6-16,18,32,34,36-37,43,49,52,71H,17,19-31,33,35H2,1-5H3,(H,64,73)(H,66,74)(H,69,72)(H2,67,68,76)/t37-,43+,49?,52-/m0/s1. The third-order valence-corrected chi connectivity index (χ3v) is 14.1. The first kappa shape index (κ1) is 66.3. The van der Waals surface area contributed by atoms with Crippen LogP contribution in [-0.4, -0.2) is 160 Å². The summed E-state index contributed by atoms with van der Waals surface area (Å²) in [5.41, 5.74) is 3.25. The Labute approximate surface area is 494 Å². The van der Waals surface area contributed by atoms with Crippen LogP contribution in [0.15, 0.2) is 90.6 Å². The zero-order valence-corrected chi connectivity index (χ0v) is 49.0. The van der Waals surface area contributed by atoms with E-state index in [4.69, 9.17) is 44.8 Å². The predicted molar refractivity (Wildman–Crippen MR) is 308 cm³/mol. The Morgan fingerprint density at radius 2 is 1.32 bits per heavy atom. The van der Waals surface area contributed by atoms with E-state index in [9.17, 15) is 42.3 Å². The third-order valence-electron chi connectivity index (χ3n) is 12.8. The normalized spacial score (nSPS) is 15.0. The van der Waals surface area contributed by atoms with Crippen molar-refractivity contribution in [3.05, 3.63) is 118 Å². The van der Waals surface area contributed by atoms with Gasteiger partial charge in [-0.15, -0.1) is 11.3 Å². The van der Waals surface area contributed by atoms with E-state index in [1.807, 2.05) is 58.9 Å². The van der Waals surface area contributed by atoms with Crippen LogP contribution in [0.3, 0.4) is 0 Å². The van der Waals surface area contributed by atoms with Gasteiger partial charge < -0.3 is 69.7 Å². The Balaban J connectivity index is 0.729. The number of alkyl halides is 3. The molecule has 1 aliphatic heterocycles. The van der Waals surface area contributed by atoms with Crippen molar-refractivity contribution in [1.29, 1.82) is 0 Å². The number of nitrogens with one attached hydrogen (secondary N) is 5. The van der Waals surface area contributed by atoms with Gasteiger partial charge in [-0.1, -0.05) is 56.6 Å². The molecule has 4 atom stereocenters. The first-order chi connectivity index (χ1) is 40.2. The Bertz CT molecular complexity index is 2920. The van der Waals surface area contributed by atoms with Crippen molar-refractivity contribution < 1.29 is 75.4 Å². The SMILES string of the molecule is Cc1ncsc1-c1ccc([C@H](C)NC(=O)C2C[C@@H](O)CN2C(=O)[C@H](NC(=O)CCOCCOCCOCCOCCOCCOCCNC(=O)c2cc(Oc3ccc(NC(=O)Nc4ccc(Cl)c(C(F)(F)F)c4)cc3)ccn2)C(C)(C)C)cc1. The molecule has 0 bridgehead atoms. The summed E-state index contributed by atoms with van der Waals surface area (Å²) in [5.74, 6) is -0.960. The molecule has 2 aromatic heterocycles. The van der Waals surface area contributed by atoms with Crippen LogP contribution in [-0.2, 0) is 49.0 Å². The molecule has 5 aromatic rings. The highest BCUT2D eigenvalue weighted by molar-refractivity contribution is 7.13. The number of halogens is 4. The van der Waals surface area contributed by atoms with Crippen LogP contribution < -0.4 is 31.3 Å². The summed E-state index contributed by atoms with van der Waals surface area (Å²) in [6.07, 6.45) is -4.08. The smallest absolute Gasteiger partial charge is 0.417 e. The number of hydrogen-bond acceptors (Lipinski definition) is 16. The number of aliphatic hydroxyl groups is 1. The number of hydrogen-bond donors (Lipinski definition) is 6. The fourth-order valence-electron chi connectivity index (χ4n) is 8.40. The molecule has 0 saturated carbocycles. The number of aromatic nitrogens is 2. The maximum atomic E-state index is 14.0. The molecule has 3 aromatic carbocycles. The van der Waals surface area contributed by atoms with Gasteiger partial charge >= 0.3 is 12.2 Å². The Morgan fingerprint density at radius 1 is 0.738 bits per heavy atom. The molecule has 456 valence electrons. The number of aryl methyl sites for hydroxylation is 1. The third kappa shape index (κ3) is 21.7. The molecule has 0 aliphatic carbocycles. The van der Waals surface area contributed by atoms with Crippen LogP contribution >= 0.6 is 22.9 Å². The Kier molecular flexibility index (Phi) is 26.1. The second-order valence-corrected chi connectivity index (χ2v) is 21.6. The summed E-state index contributed by atoms with van der Waals surface area (Å²) < 4.78 is 78.6. The zero-order chi connectivity index (χ0) is 60.7. The molecule has 1 aliphatic rings. The number of amides is 6. The van der Waals surface area contributed by atoms with E-state index in [0.717, 1.165) is 33.8 Å². The van der Waals surface area contributed by atoms with Crippen molar-refractivity contribution in [2.24, 2.45) is 5.41 Å². The number of nitrogens with zero attached hydrogens (tertiary/aromatic N) is 3. The summed E-state index contributed by atoms with van der Waals surface area (Å²) in [5, 5.41) is 23.6. The van der Waals surface area contributed by atoms with Crippen LogP contribution in [0.25, 0.3) is 10.4 Å². The van der Waals surface area contributed by atoms with Gasteiger partial charge in [-0.3, -0.25) is 24.2 Å². The fourth-order valence-corrected chi connectivity index (χ4v) is 9.43. The Morgan fingerprint density at radius 3 is 1.90 bits per heavy atom. The maximum Gasteiger partial charge on any atom is 0.417 e. The highest BCUT2D eigenvalue weighted by Crippen LogP contribution is 2.36. The van der Waals surface area contributed by atoms with Crippen LogP contribution in [0.4, 0.5) is 29.3 Å². The number of β-amino-alcohol motifs (C(OH)–C–C–N with tert-alkyl or cyclic N) is 1. The van der Waals surface area contributed by atoms with Gasteiger partial charge in [-0.05, 0) is 78.9 Å². The van der Waals surface area contributed by atoms with E-state index in [2.05, 4.69) is 36.6 Å². The topological polar surface area (TPSA) is 259 Å². The summed E-state index contributed by atoms with van der Waals surface area (Å²) in [7, 11) is 0. The lowest BCUT2D eigenvalue weighted by Crippen LogP contribution is -2.58. The van der Waals surface area contributed by atoms with Crippen molar-refractivity contribution in [2.75, 3.05) is 103 Å². The average Bonchev–Trinajstić information content (AvgIpc) is 4.25. The summed E-state index contributed by atoms with van der Waals surface area (Å²) in [6, 6.07) is 17.1. The first-order valence-corrected chi connectivity index (χ1v) is 28.4. The van der Waals surface area contributed by atoms with Crippen molar-refractivity contribution in [2.45, 2.75) is 77.9 Å². The van der Waals surface area contributed by atoms with Crippen LogP contribution in [0.2, 0.25) is 5.02 Å². The highest BCUT2D eigenvalue weighted by atomic mass is 35.5. The predicted octanol–water partition coefficient (Wildman–Crippen LogP) is 8.21. The lowest BCUT2D eigenvalue weighted by Gasteiger charge is -2.35. The number of ether oxygens (including phenoxy) is 7. The van der Waals surface area contributed by atoms with Gasteiger partial charge in [0.2, 0.25) is 17.7 Å². The van der Waals surface area contributed by atoms with Crippen molar-refractivity contribution in [1.82, 2.24) is 30.8 Å². The largest absolute Gasteiger partial charge is 0.457 e. The molecule has 1 saturated heterocycles. The van der Waals surface area contributed by atoms with Crippen LogP contribution in [0.1, 0.15) is 73.9 Å². The molecule has 84 heavy (non-hydrogen) atoms. The average molecular weight is 1210 g/mol. The number of anilines is 2. The number of rotatable bonds is 32. The number of carbonyl (C=O) groups is 5. The second-order valence-electron chi connectivity index (χ2n) is 20.3. The van der Waals surface area contributed by atoms with Gasteiger partial charge in [-0.2, -0.15) is 13.2 Å². The minimum atomic E-state index is -4.69. The first-order valence-electron chi connectivity index (χ1n) is 27.2. The second kappa shape index (κ2) is 33.0. The monoisotopic (exact) mass is 1210 g/mol. The van der Waals surface area contributed by atoms with Crippen molar-refractivity contribution >= 4 is 64.0 Å². The highest BCUT2D eigenvalue weighted by Gasteiger charge is 2.45. The number of aliphatic hydroxyl groups excluding tert-OH is 1.